The molecule has 1 heterocycles. The Bertz CT molecular complexity index is 1170. The smallest absolute Gasteiger partial charge is 0.234 e. The van der Waals surface area contributed by atoms with Crippen molar-refractivity contribution in [2.45, 2.75) is 25.5 Å². The van der Waals surface area contributed by atoms with Gasteiger partial charge in [0.25, 0.3) is 0 Å². The van der Waals surface area contributed by atoms with Crippen molar-refractivity contribution in [2.24, 2.45) is 0 Å². The summed E-state index contributed by atoms with van der Waals surface area (Å²) in [4.78, 5) is 12.6. The quantitative estimate of drug-likeness (QED) is 0.404. The normalized spacial score (nSPS) is 10.8. The lowest BCUT2D eigenvalue weighted by molar-refractivity contribution is -0.113. The number of hydrogen-bond acceptors (Lipinski definition) is 4. The van der Waals surface area contributed by atoms with E-state index in [0.29, 0.717) is 6.54 Å². The zero-order chi connectivity index (χ0) is 21.6. The first-order valence-corrected chi connectivity index (χ1v) is 11.1. The van der Waals surface area contributed by atoms with Crippen molar-refractivity contribution < 1.29 is 4.79 Å². The highest BCUT2D eigenvalue weighted by molar-refractivity contribution is 7.99. The van der Waals surface area contributed by atoms with Crippen LogP contribution in [-0.4, -0.2) is 26.4 Å². The van der Waals surface area contributed by atoms with Crippen molar-refractivity contribution in [3.05, 3.63) is 95.6 Å². The number of amides is 1. The minimum Gasteiger partial charge on any atom is -0.325 e. The number of aromatic nitrogens is 3. The van der Waals surface area contributed by atoms with Crippen LogP contribution in [-0.2, 0) is 11.3 Å². The average molecular weight is 429 g/mol. The van der Waals surface area contributed by atoms with E-state index in [9.17, 15) is 4.79 Å². The van der Waals surface area contributed by atoms with Crippen LogP contribution in [0.2, 0.25) is 0 Å². The Hall–Kier alpha value is -3.38. The average Bonchev–Trinajstić information content (AvgIpc) is 3.18. The first kappa shape index (κ1) is 20.9. The molecule has 0 radical (unpaired) electrons. The van der Waals surface area contributed by atoms with E-state index in [1.165, 1.54) is 11.8 Å². The summed E-state index contributed by atoms with van der Waals surface area (Å²) in [5.41, 5.74) is 5.16. The van der Waals surface area contributed by atoms with Crippen LogP contribution in [0.25, 0.3) is 11.4 Å². The topological polar surface area (TPSA) is 59.8 Å². The number of nitrogens with zero attached hydrogens (tertiary/aromatic N) is 3. The lowest BCUT2D eigenvalue weighted by Crippen LogP contribution is -2.15. The highest BCUT2D eigenvalue weighted by Gasteiger charge is 2.16. The zero-order valence-electron chi connectivity index (χ0n) is 17.6. The minimum absolute atomic E-state index is 0.0609. The van der Waals surface area contributed by atoms with Crippen molar-refractivity contribution >= 4 is 23.4 Å². The predicted molar refractivity (Wildman–Crippen MR) is 126 cm³/mol. The summed E-state index contributed by atoms with van der Waals surface area (Å²) in [5.74, 6) is 0.992. The van der Waals surface area contributed by atoms with Gasteiger partial charge in [-0.15, -0.1) is 10.2 Å². The molecule has 0 saturated carbocycles. The molecule has 1 N–H and O–H groups in total. The molecule has 4 rings (SSSR count). The molecule has 0 saturated heterocycles. The van der Waals surface area contributed by atoms with E-state index in [-0.39, 0.29) is 11.7 Å². The molecule has 156 valence electrons. The molecule has 0 spiro atoms. The maximum absolute atomic E-state index is 12.6. The molecule has 6 heteroatoms. The Morgan fingerprint density at radius 3 is 2.39 bits per heavy atom. The van der Waals surface area contributed by atoms with E-state index in [0.717, 1.165) is 38.9 Å². The van der Waals surface area contributed by atoms with Gasteiger partial charge >= 0.3 is 0 Å². The number of anilines is 1. The van der Waals surface area contributed by atoms with Crippen molar-refractivity contribution in [1.82, 2.24) is 14.8 Å². The molecular weight excluding hydrogens is 404 g/mol. The third kappa shape index (κ3) is 5.22. The number of rotatable bonds is 7. The Balaban J connectivity index is 1.54. The summed E-state index contributed by atoms with van der Waals surface area (Å²) < 4.78 is 2.07. The van der Waals surface area contributed by atoms with Crippen molar-refractivity contribution in [3.63, 3.8) is 0 Å². The number of benzene rings is 3. The van der Waals surface area contributed by atoms with E-state index in [1.54, 1.807) is 0 Å². The summed E-state index contributed by atoms with van der Waals surface area (Å²) in [6.07, 6.45) is 0. The van der Waals surface area contributed by atoms with Gasteiger partial charge in [0.1, 0.15) is 0 Å². The first-order chi connectivity index (χ1) is 15.1. The predicted octanol–water partition coefficient (Wildman–Crippen LogP) is 5.34. The molecule has 1 amide bonds. The minimum atomic E-state index is -0.0609. The highest BCUT2D eigenvalue weighted by atomic mass is 32.2. The molecule has 0 unspecified atom stereocenters. The number of carbonyl (C=O) groups excluding carboxylic acids is 1. The van der Waals surface area contributed by atoms with Crippen LogP contribution < -0.4 is 5.32 Å². The fourth-order valence-corrected chi connectivity index (χ4v) is 4.03. The fraction of sp³-hybridized carbons (Fsp3) is 0.160. The third-order valence-corrected chi connectivity index (χ3v) is 5.90. The zero-order valence-corrected chi connectivity index (χ0v) is 18.4. The SMILES string of the molecule is Cc1ccc(C)c(NC(=O)CSc2nnc(-c3ccccc3)n2Cc2ccccc2)c1. The van der Waals surface area contributed by atoms with Gasteiger partial charge in [0.05, 0.1) is 12.3 Å². The van der Waals surface area contributed by atoms with Gasteiger partial charge in [-0.05, 0) is 36.6 Å². The number of hydrogen-bond donors (Lipinski definition) is 1. The van der Waals surface area contributed by atoms with E-state index >= 15 is 0 Å². The Morgan fingerprint density at radius 2 is 1.65 bits per heavy atom. The first-order valence-electron chi connectivity index (χ1n) is 10.1. The van der Waals surface area contributed by atoms with E-state index in [1.807, 2.05) is 80.6 Å². The summed E-state index contributed by atoms with van der Waals surface area (Å²) in [7, 11) is 0. The standard InChI is InChI=1S/C25H24N4OS/c1-18-13-14-19(2)22(15-18)26-23(30)17-31-25-28-27-24(21-11-7-4-8-12-21)29(25)16-20-9-5-3-6-10-20/h3-15H,16-17H2,1-2H3,(H,26,30). The second-order valence-corrected chi connectivity index (χ2v) is 8.34. The van der Waals surface area contributed by atoms with E-state index < -0.39 is 0 Å². The summed E-state index contributed by atoms with van der Waals surface area (Å²) in [5, 5.41) is 12.6. The molecule has 0 atom stereocenters. The second kappa shape index (κ2) is 9.62. The van der Waals surface area contributed by atoms with Gasteiger partial charge in [0, 0.05) is 11.3 Å². The largest absolute Gasteiger partial charge is 0.325 e. The maximum atomic E-state index is 12.6. The van der Waals surface area contributed by atoms with Gasteiger partial charge in [-0.1, -0.05) is 84.6 Å². The highest BCUT2D eigenvalue weighted by Crippen LogP contribution is 2.25. The molecule has 0 bridgehead atoms. The number of thioether (sulfide) groups is 1. The van der Waals surface area contributed by atoms with Gasteiger partial charge < -0.3 is 5.32 Å². The summed E-state index contributed by atoms with van der Waals surface area (Å²) >= 11 is 1.40. The van der Waals surface area contributed by atoms with Crippen molar-refractivity contribution in [3.8, 4) is 11.4 Å². The van der Waals surface area contributed by atoms with Crippen LogP contribution in [0.4, 0.5) is 5.69 Å². The van der Waals surface area contributed by atoms with Crippen LogP contribution in [0, 0.1) is 13.8 Å². The van der Waals surface area contributed by atoms with Crippen LogP contribution in [0.3, 0.4) is 0 Å². The fourth-order valence-electron chi connectivity index (χ4n) is 3.29. The van der Waals surface area contributed by atoms with E-state index in [4.69, 9.17) is 0 Å². The van der Waals surface area contributed by atoms with Gasteiger partial charge in [-0.2, -0.15) is 0 Å². The third-order valence-electron chi connectivity index (χ3n) is 4.93. The van der Waals surface area contributed by atoms with Crippen LogP contribution in [0.5, 0.6) is 0 Å². The molecule has 0 aliphatic rings. The number of aryl methyl sites for hydroxylation is 2. The molecule has 4 aromatic rings. The number of carbonyl (C=O) groups is 1. The Kier molecular flexibility index (Phi) is 6.48. The van der Waals surface area contributed by atoms with Crippen molar-refractivity contribution in [2.75, 3.05) is 11.1 Å². The molecule has 1 aromatic heterocycles. The van der Waals surface area contributed by atoms with Crippen molar-refractivity contribution in [1.29, 1.82) is 0 Å². The Morgan fingerprint density at radius 1 is 0.935 bits per heavy atom. The Labute approximate surface area is 186 Å². The van der Waals surface area contributed by atoms with Gasteiger partial charge in [0.2, 0.25) is 5.91 Å². The lowest BCUT2D eigenvalue weighted by atomic mass is 10.1. The second-order valence-electron chi connectivity index (χ2n) is 7.40. The monoisotopic (exact) mass is 428 g/mol. The molecule has 0 fully saturated rings. The molecule has 31 heavy (non-hydrogen) atoms. The van der Waals surface area contributed by atoms with Gasteiger partial charge in [0.15, 0.2) is 11.0 Å². The summed E-state index contributed by atoms with van der Waals surface area (Å²) in [6.45, 7) is 4.64. The maximum Gasteiger partial charge on any atom is 0.234 e. The molecule has 0 aliphatic heterocycles. The molecule has 3 aromatic carbocycles. The van der Waals surface area contributed by atoms with Gasteiger partial charge in [-0.25, -0.2) is 0 Å². The molecular formula is C25H24N4OS. The summed E-state index contributed by atoms with van der Waals surface area (Å²) in [6, 6.07) is 26.2. The van der Waals surface area contributed by atoms with Crippen LogP contribution >= 0.6 is 11.8 Å². The van der Waals surface area contributed by atoms with Gasteiger partial charge in [-0.3, -0.25) is 9.36 Å². The molecule has 0 aliphatic carbocycles. The van der Waals surface area contributed by atoms with Crippen LogP contribution in [0.1, 0.15) is 16.7 Å². The van der Waals surface area contributed by atoms with E-state index in [2.05, 4.69) is 32.2 Å². The number of nitrogens with one attached hydrogen (secondary N) is 1. The van der Waals surface area contributed by atoms with Crippen LogP contribution in [0.15, 0.2) is 84.0 Å². The lowest BCUT2D eigenvalue weighted by Gasteiger charge is -2.11. The molecule has 5 nitrogen and oxygen atoms in total.